The third-order valence-electron chi connectivity index (χ3n) is 4.62. The van der Waals surface area contributed by atoms with E-state index in [9.17, 15) is 9.90 Å². The monoisotopic (exact) mass is 270 g/mol. The maximum absolute atomic E-state index is 12.2. The van der Waals surface area contributed by atoms with E-state index in [4.69, 9.17) is 10.5 Å². The lowest BCUT2D eigenvalue weighted by Crippen LogP contribution is -2.59. The number of ether oxygens (including phenoxy) is 1. The minimum Gasteiger partial charge on any atom is -0.388 e. The summed E-state index contributed by atoms with van der Waals surface area (Å²) in [6, 6.07) is 0. The second-order valence-electron chi connectivity index (χ2n) is 6.36. The Kier molecular flexibility index (Phi) is 4.48. The molecule has 110 valence electrons. The van der Waals surface area contributed by atoms with Crippen LogP contribution in [0, 0.1) is 5.92 Å². The molecule has 0 radical (unpaired) electrons. The highest BCUT2D eigenvalue weighted by Crippen LogP contribution is 2.31. The molecule has 4 N–H and O–H groups in total. The lowest BCUT2D eigenvalue weighted by atomic mass is 9.79. The molecule has 19 heavy (non-hydrogen) atoms. The van der Waals surface area contributed by atoms with Crippen LogP contribution in [-0.2, 0) is 9.53 Å². The quantitative estimate of drug-likeness (QED) is 0.699. The van der Waals surface area contributed by atoms with E-state index >= 15 is 0 Å². The van der Waals surface area contributed by atoms with Gasteiger partial charge in [-0.3, -0.25) is 4.79 Å². The van der Waals surface area contributed by atoms with Gasteiger partial charge in [0.25, 0.3) is 0 Å². The zero-order valence-electron chi connectivity index (χ0n) is 11.8. The van der Waals surface area contributed by atoms with Gasteiger partial charge in [-0.15, -0.1) is 0 Å². The molecule has 5 nitrogen and oxygen atoms in total. The number of rotatable bonds is 3. The van der Waals surface area contributed by atoms with Gasteiger partial charge in [-0.2, -0.15) is 0 Å². The fraction of sp³-hybridized carbons (Fsp3) is 0.929. The van der Waals surface area contributed by atoms with Crippen molar-refractivity contribution >= 4 is 5.91 Å². The van der Waals surface area contributed by atoms with Crippen LogP contribution < -0.4 is 11.1 Å². The number of carbonyl (C=O) groups excluding carboxylic acids is 1. The first-order valence-electron chi connectivity index (χ1n) is 7.31. The van der Waals surface area contributed by atoms with Crippen LogP contribution in [0.4, 0.5) is 0 Å². The van der Waals surface area contributed by atoms with Crippen molar-refractivity contribution in [1.29, 1.82) is 0 Å². The van der Waals surface area contributed by atoms with Gasteiger partial charge in [0, 0.05) is 19.8 Å². The summed E-state index contributed by atoms with van der Waals surface area (Å²) in [5, 5.41) is 13.3. The number of hydrogen-bond acceptors (Lipinski definition) is 4. The van der Waals surface area contributed by atoms with Gasteiger partial charge in [0.2, 0.25) is 5.91 Å². The summed E-state index contributed by atoms with van der Waals surface area (Å²) in [6.45, 7) is 3.59. The number of aliphatic hydroxyl groups is 1. The van der Waals surface area contributed by atoms with Crippen molar-refractivity contribution in [3.05, 3.63) is 0 Å². The van der Waals surface area contributed by atoms with Crippen LogP contribution in [0.5, 0.6) is 0 Å². The number of nitrogens with one attached hydrogen (secondary N) is 1. The van der Waals surface area contributed by atoms with Gasteiger partial charge in [0.1, 0.15) is 0 Å². The van der Waals surface area contributed by atoms with Crippen LogP contribution in [0.15, 0.2) is 0 Å². The molecular weight excluding hydrogens is 244 g/mol. The second-order valence-corrected chi connectivity index (χ2v) is 6.36. The number of nitrogens with two attached hydrogens (primary N) is 1. The number of hydrogen-bond donors (Lipinski definition) is 3. The Morgan fingerprint density at radius 1 is 1.32 bits per heavy atom. The van der Waals surface area contributed by atoms with Crippen LogP contribution in [0.1, 0.15) is 45.4 Å². The van der Waals surface area contributed by atoms with Crippen molar-refractivity contribution in [3.63, 3.8) is 0 Å². The molecule has 1 saturated heterocycles. The highest BCUT2D eigenvalue weighted by Gasteiger charge is 2.38. The minimum absolute atomic E-state index is 0.150. The fourth-order valence-corrected chi connectivity index (χ4v) is 2.86. The van der Waals surface area contributed by atoms with Crippen LogP contribution in [0.3, 0.4) is 0 Å². The Hall–Kier alpha value is -0.650. The van der Waals surface area contributed by atoms with Gasteiger partial charge in [-0.25, -0.2) is 0 Å². The van der Waals surface area contributed by atoms with E-state index in [1.807, 2.05) is 0 Å². The zero-order chi connectivity index (χ0) is 13.9. The van der Waals surface area contributed by atoms with Crippen molar-refractivity contribution in [2.75, 3.05) is 19.8 Å². The van der Waals surface area contributed by atoms with E-state index in [2.05, 4.69) is 12.2 Å². The topological polar surface area (TPSA) is 84.6 Å². The van der Waals surface area contributed by atoms with Gasteiger partial charge >= 0.3 is 0 Å². The summed E-state index contributed by atoms with van der Waals surface area (Å²) in [7, 11) is 0. The summed E-state index contributed by atoms with van der Waals surface area (Å²) in [6.07, 6.45) is 4.66. The van der Waals surface area contributed by atoms with Gasteiger partial charge in [-0.1, -0.05) is 6.92 Å². The molecule has 1 amide bonds. The molecule has 0 unspecified atom stereocenters. The van der Waals surface area contributed by atoms with Crippen molar-refractivity contribution in [2.45, 2.75) is 56.6 Å². The maximum Gasteiger partial charge on any atom is 0.240 e. The van der Waals surface area contributed by atoms with Gasteiger partial charge < -0.3 is 20.9 Å². The Balaban J connectivity index is 1.82. The average molecular weight is 270 g/mol. The molecule has 2 rings (SSSR count). The molecule has 1 aliphatic heterocycles. The lowest BCUT2D eigenvalue weighted by molar-refractivity contribution is -0.131. The third kappa shape index (κ3) is 3.68. The van der Waals surface area contributed by atoms with E-state index in [0.717, 1.165) is 25.7 Å². The summed E-state index contributed by atoms with van der Waals surface area (Å²) in [5.74, 6) is 0.523. The highest BCUT2D eigenvalue weighted by atomic mass is 16.5. The first kappa shape index (κ1) is 14.8. The molecule has 2 fully saturated rings. The minimum atomic E-state index is -0.823. The fourth-order valence-electron chi connectivity index (χ4n) is 2.86. The van der Waals surface area contributed by atoms with Crippen LogP contribution in [0.2, 0.25) is 0 Å². The van der Waals surface area contributed by atoms with Crippen LogP contribution >= 0.6 is 0 Å². The van der Waals surface area contributed by atoms with E-state index in [1.165, 1.54) is 0 Å². The Bertz CT molecular complexity index is 319. The van der Waals surface area contributed by atoms with E-state index in [1.54, 1.807) is 0 Å². The van der Waals surface area contributed by atoms with E-state index in [-0.39, 0.29) is 5.91 Å². The molecule has 1 aliphatic carbocycles. The first-order chi connectivity index (χ1) is 8.94. The number of amides is 1. The maximum atomic E-state index is 12.2. The van der Waals surface area contributed by atoms with Crippen molar-refractivity contribution in [2.24, 2.45) is 11.7 Å². The molecule has 0 spiro atoms. The highest BCUT2D eigenvalue weighted by molar-refractivity contribution is 5.86. The van der Waals surface area contributed by atoms with E-state index in [0.29, 0.717) is 38.5 Å². The summed E-state index contributed by atoms with van der Waals surface area (Å²) in [5.41, 5.74) is 4.54. The first-order valence-corrected chi connectivity index (χ1v) is 7.31. The molecular formula is C14H26N2O3. The SMILES string of the molecule is CC1CCC(O)(CNC(=O)C2(N)CCOCC2)CC1. The summed E-state index contributed by atoms with van der Waals surface area (Å²) >= 11 is 0. The standard InChI is InChI=1S/C14H26N2O3/c1-11-2-4-13(18,5-3-11)10-16-12(17)14(15)6-8-19-9-7-14/h11,18H,2-10,15H2,1H3,(H,16,17). The smallest absolute Gasteiger partial charge is 0.240 e. The Morgan fingerprint density at radius 2 is 1.89 bits per heavy atom. The summed E-state index contributed by atoms with van der Waals surface area (Å²) < 4.78 is 5.23. The Labute approximate surface area is 114 Å². The Morgan fingerprint density at radius 3 is 2.47 bits per heavy atom. The second kappa shape index (κ2) is 5.77. The van der Waals surface area contributed by atoms with E-state index < -0.39 is 11.1 Å². The molecule has 0 aromatic rings. The molecule has 1 heterocycles. The number of carbonyl (C=O) groups is 1. The van der Waals surface area contributed by atoms with Gasteiger partial charge in [0.05, 0.1) is 11.1 Å². The van der Waals surface area contributed by atoms with Crippen molar-refractivity contribution < 1.29 is 14.6 Å². The van der Waals surface area contributed by atoms with Gasteiger partial charge in [-0.05, 0) is 44.4 Å². The largest absolute Gasteiger partial charge is 0.388 e. The van der Waals surface area contributed by atoms with Crippen LogP contribution in [0.25, 0.3) is 0 Å². The molecule has 1 saturated carbocycles. The molecule has 2 aliphatic rings. The van der Waals surface area contributed by atoms with Crippen LogP contribution in [-0.4, -0.2) is 41.9 Å². The lowest BCUT2D eigenvalue weighted by Gasteiger charge is -2.37. The van der Waals surface area contributed by atoms with Gasteiger partial charge in [0.15, 0.2) is 0 Å². The molecule has 0 atom stereocenters. The van der Waals surface area contributed by atoms with Crippen molar-refractivity contribution in [3.8, 4) is 0 Å². The normalized spacial score (nSPS) is 34.8. The third-order valence-corrected chi connectivity index (χ3v) is 4.62. The zero-order valence-corrected chi connectivity index (χ0v) is 11.8. The average Bonchev–Trinajstić information content (AvgIpc) is 2.41. The molecule has 0 bridgehead atoms. The molecule has 5 heteroatoms. The predicted octanol–water partition coefficient (Wildman–Crippen LogP) is 0.552. The summed E-state index contributed by atoms with van der Waals surface area (Å²) in [4.78, 5) is 12.2. The molecule has 0 aromatic heterocycles. The van der Waals surface area contributed by atoms with Crippen molar-refractivity contribution in [1.82, 2.24) is 5.32 Å². The molecule has 0 aromatic carbocycles. The predicted molar refractivity (Wildman–Crippen MR) is 72.6 cm³/mol.